The molecule has 3 heteroatoms. The first kappa shape index (κ1) is 5.88. The summed E-state index contributed by atoms with van der Waals surface area (Å²) in [7, 11) is 0. The number of nitrogens with one attached hydrogen (secondary N) is 2. The van der Waals surface area contributed by atoms with E-state index in [0.29, 0.717) is 0 Å². The molecule has 0 aliphatic heterocycles. The number of hydrogen-bond donors (Lipinski definition) is 2. The van der Waals surface area contributed by atoms with Crippen molar-refractivity contribution in [2.75, 3.05) is 5.32 Å². The average Bonchev–Trinajstić information content (AvgIpc) is 2.15. The minimum absolute atomic E-state index is 0.738. The number of rotatable bonds is 2. The van der Waals surface area contributed by atoms with Crippen LogP contribution in [0.5, 0.6) is 0 Å². The van der Waals surface area contributed by atoms with Crippen molar-refractivity contribution in [3.8, 4) is 0 Å². The predicted molar refractivity (Wildman–Crippen MR) is 37.0 cm³/mol. The van der Waals surface area contributed by atoms with Gasteiger partial charge in [-0.05, 0) is 6.92 Å². The van der Waals surface area contributed by atoms with E-state index in [1.54, 1.807) is 12.4 Å². The largest absolute Gasteiger partial charge is 0.331 e. The number of allylic oxidation sites excluding steroid dienone is 1. The molecule has 1 rings (SSSR count). The average molecular weight is 123 g/mol. The minimum atomic E-state index is 0.738. The molecule has 0 aliphatic rings. The molecule has 0 bridgehead atoms. The van der Waals surface area contributed by atoms with E-state index in [0.717, 1.165) is 11.6 Å². The van der Waals surface area contributed by atoms with Crippen molar-refractivity contribution in [2.24, 2.45) is 0 Å². The van der Waals surface area contributed by atoms with Gasteiger partial charge in [-0.2, -0.15) is 0 Å². The number of imidazole rings is 1. The Morgan fingerprint density at radius 2 is 2.67 bits per heavy atom. The van der Waals surface area contributed by atoms with Gasteiger partial charge in [0.25, 0.3) is 0 Å². The quantitative estimate of drug-likeness (QED) is 0.623. The third-order valence-corrected chi connectivity index (χ3v) is 0.830. The summed E-state index contributed by atoms with van der Waals surface area (Å²) in [6.07, 6.45) is 3.44. The molecule has 0 saturated carbocycles. The Hall–Kier alpha value is -1.25. The van der Waals surface area contributed by atoms with Gasteiger partial charge in [-0.25, -0.2) is 4.98 Å². The summed E-state index contributed by atoms with van der Waals surface area (Å²) in [5.41, 5.74) is 0.880. The van der Waals surface area contributed by atoms with Crippen LogP contribution >= 0.6 is 0 Å². The van der Waals surface area contributed by atoms with Crippen molar-refractivity contribution in [2.45, 2.75) is 6.92 Å². The molecule has 1 aromatic heterocycles. The minimum Gasteiger partial charge on any atom is -0.331 e. The lowest BCUT2D eigenvalue weighted by Gasteiger charge is -1.97. The van der Waals surface area contributed by atoms with Crippen molar-refractivity contribution < 1.29 is 0 Å². The lowest BCUT2D eigenvalue weighted by Crippen LogP contribution is -1.94. The van der Waals surface area contributed by atoms with Crippen molar-refractivity contribution in [3.63, 3.8) is 0 Å². The number of nitrogens with zero attached hydrogens (tertiary/aromatic N) is 1. The van der Waals surface area contributed by atoms with Gasteiger partial charge in [0.2, 0.25) is 5.95 Å². The van der Waals surface area contributed by atoms with E-state index in [4.69, 9.17) is 0 Å². The molecular formula is C6H9N3. The fourth-order valence-electron chi connectivity index (χ4n) is 0.536. The van der Waals surface area contributed by atoms with Gasteiger partial charge < -0.3 is 10.3 Å². The first-order valence-electron chi connectivity index (χ1n) is 2.71. The molecule has 0 atom stereocenters. The van der Waals surface area contributed by atoms with E-state index in [-0.39, 0.29) is 0 Å². The summed E-state index contributed by atoms with van der Waals surface area (Å²) in [6.45, 7) is 5.54. The number of hydrogen-bond acceptors (Lipinski definition) is 2. The summed E-state index contributed by atoms with van der Waals surface area (Å²) in [5.74, 6) is 0.738. The summed E-state index contributed by atoms with van der Waals surface area (Å²) in [6, 6.07) is 0. The zero-order valence-corrected chi connectivity index (χ0v) is 5.31. The standard InChI is InChI=1S/C6H9N3/c1-5(2)9-6-7-3-4-8-6/h3-4H,1H2,2H3,(H2,7,8,9). The molecule has 9 heavy (non-hydrogen) atoms. The summed E-state index contributed by atoms with van der Waals surface area (Å²) < 4.78 is 0. The number of H-pyrrole nitrogens is 1. The van der Waals surface area contributed by atoms with Gasteiger partial charge in [0, 0.05) is 18.1 Å². The maximum absolute atomic E-state index is 3.93. The smallest absolute Gasteiger partial charge is 0.204 e. The fourth-order valence-corrected chi connectivity index (χ4v) is 0.536. The van der Waals surface area contributed by atoms with Crippen LogP contribution in [0.3, 0.4) is 0 Å². The molecule has 0 fully saturated rings. The number of aromatic amines is 1. The van der Waals surface area contributed by atoms with Crippen LogP contribution in [0.2, 0.25) is 0 Å². The van der Waals surface area contributed by atoms with E-state index >= 15 is 0 Å². The zero-order valence-electron chi connectivity index (χ0n) is 5.31. The van der Waals surface area contributed by atoms with Crippen LogP contribution in [-0.2, 0) is 0 Å². The first-order chi connectivity index (χ1) is 4.29. The molecule has 0 saturated heterocycles. The third-order valence-electron chi connectivity index (χ3n) is 0.830. The monoisotopic (exact) mass is 123 g/mol. The Morgan fingerprint density at radius 1 is 1.89 bits per heavy atom. The molecule has 2 N–H and O–H groups in total. The molecule has 0 aromatic carbocycles. The second kappa shape index (κ2) is 2.35. The van der Waals surface area contributed by atoms with Gasteiger partial charge in [0.05, 0.1) is 0 Å². The molecule has 0 spiro atoms. The third kappa shape index (κ3) is 1.60. The van der Waals surface area contributed by atoms with Gasteiger partial charge in [-0.15, -0.1) is 0 Å². The predicted octanol–water partition coefficient (Wildman–Crippen LogP) is 1.36. The highest BCUT2D eigenvalue weighted by atomic mass is 15.1. The molecule has 0 radical (unpaired) electrons. The Balaban J connectivity index is 2.58. The highest BCUT2D eigenvalue weighted by Gasteiger charge is 1.88. The van der Waals surface area contributed by atoms with Gasteiger partial charge in [0.1, 0.15) is 0 Å². The van der Waals surface area contributed by atoms with Crippen LogP contribution in [-0.4, -0.2) is 9.97 Å². The maximum atomic E-state index is 3.93. The maximum Gasteiger partial charge on any atom is 0.204 e. The van der Waals surface area contributed by atoms with Gasteiger partial charge in [-0.1, -0.05) is 6.58 Å². The molecule has 0 amide bonds. The molecule has 1 aromatic rings. The second-order valence-corrected chi connectivity index (χ2v) is 1.84. The van der Waals surface area contributed by atoms with Gasteiger partial charge in [0.15, 0.2) is 0 Å². The SMILES string of the molecule is C=C(C)Nc1ncc[nH]1. The van der Waals surface area contributed by atoms with Crippen LogP contribution in [0.25, 0.3) is 0 Å². The summed E-state index contributed by atoms with van der Waals surface area (Å²) in [4.78, 5) is 6.81. The van der Waals surface area contributed by atoms with Crippen LogP contribution in [0.4, 0.5) is 5.95 Å². The van der Waals surface area contributed by atoms with E-state index in [1.807, 2.05) is 6.92 Å². The lowest BCUT2D eigenvalue weighted by atomic mass is 10.6. The Morgan fingerprint density at radius 3 is 3.11 bits per heavy atom. The molecular weight excluding hydrogens is 114 g/mol. The van der Waals surface area contributed by atoms with Crippen LogP contribution < -0.4 is 5.32 Å². The Kier molecular flexibility index (Phi) is 1.53. The van der Waals surface area contributed by atoms with E-state index in [9.17, 15) is 0 Å². The van der Waals surface area contributed by atoms with Gasteiger partial charge >= 0.3 is 0 Å². The Bertz CT molecular complexity index is 188. The molecule has 48 valence electrons. The van der Waals surface area contributed by atoms with Crippen molar-refractivity contribution in [3.05, 3.63) is 24.7 Å². The normalized spacial score (nSPS) is 9.00. The summed E-state index contributed by atoms with van der Waals surface area (Å²) in [5, 5.41) is 2.92. The molecule has 1 heterocycles. The Labute approximate surface area is 53.8 Å². The highest BCUT2D eigenvalue weighted by Crippen LogP contribution is 1.97. The van der Waals surface area contributed by atoms with Crippen molar-refractivity contribution in [1.29, 1.82) is 0 Å². The summed E-state index contributed by atoms with van der Waals surface area (Å²) >= 11 is 0. The molecule has 3 nitrogen and oxygen atoms in total. The molecule has 0 aliphatic carbocycles. The topological polar surface area (TPSA) is 40.7 Å². The van der Waals surface area contributed by atoms with Crippen LogP contribution in [0.1, 0.15) is 6.92 Å². The van der Waals surface area contributed by atoms with Crippen LogP contribution in [0, 0.1) is 0 Å². The zero-order chi connectivity index (χ0) is 6.69. The van der Waals surface area contributed by atoms with Crippen LogP contribution in [0.15, 0.2) is 24.7 Å². The van der Waals surface area contributed by atoms with E-state index < -0.39 is 0 Å². The van der Waals surface area contributed by atoms with Crippen molar-refractivity contribution in [1.82, 2.24) is 9.97 Å². The lowest BCUT2D eigenvalue weighted by molar-refractivity contribution is 1.24. The second-order valence-electron chi connectivity index (χ2n) is 1.84. The van der Waals surface area contributed by atoms with E-state index in [2.05, 4.69) is 21.9 Å². The molecule has 0 unspecified atom stereocenters. The van der Waals surface area contributed by atoms with E-state index in [1.165, 1.54) is 0 Å². The highest BCUT2D eigenvalue weighted by molar-refractivity contribution is 5.30. The first-order valence-corrected chi connectivity index (χ1v) is 2.71. The van der Waals surface area contributed by atoms with Crippen molar-refractivity contribution >= 4 is 5.95 Å². The van der Waals surface area contributed by atoms with Gasteiger partial charge in [-0.3, -0.25) is 0 Å². The number of anilines is 1. The number of aromatic nitrogens is 2. The fraction of sp³-hybridized carbons (Fsp3) is 0.167.